The Morgan fingerprint density at radius 3 is 2.52 bits per heavy atom. The molecule has 0 spiro atoms. The van der Waals surface area contributed by atoms with Gasteiger partial charge in [-0.1, -0.05) is 13.8 Å². The number of fused-ring (bicyclic) bond motifs is 1. The molecule has 112 valence electrons. The van der Waals surface area contributed by atoms with Crippen molar-refractivity contribution in [2.75, 3.05) is 11.4 Å². The van der Waals surface area contributed by atoms with E-state index in [0.29, 0.717) is 5.92 Å². The van der Waals surface area contributed by atoms with Gasteiger partial charge in [-0.25, -0.2) is 0 Å². The number of hydrogen-bond acceptors (Lipinski definition) is 4. The molecule has 6 heteroatoms. The highest BCUT2D eigenvalue weighted by Crippen LogP contribution is 2.37. The Kier molecular flexibility index (Phi) is 3.41. The number of non-ortho nitro benzene ring substituents is 1. The molecule has 2 heterocycles. The zero-order valence-corrected chi connectivity index (χ0v) is 12.2. The SMILES string of the molecule is CC(C)[C@H]1N(c2ccc([N+](=O)[O-])cc2)C(=O)[C@@H]2CCCN21. The normalized spacial score (nSPS) is 25.7. The van der Waals surface area contributed by atoms with Crippen molar-refractivity contribution in [3.8, 4) is 0 Å². The lowest BCUT2D eigenvalue weighted by Crippen LogP contribution is -2.43. The van der Waals surface area contributed by atoms with Gasteiger partial charge in [-0.2, -0.15) is 0 Å². The minimum atomic E-state index is -0.423. The fraction of sp³-hybridized carbons (Fsp3) is 0.533. The topological polar surface area (TPSA) is 66.7 Å². The first-order chi connectivity index (χ1) is 10.0. The van der Waals surface area contributed by atoms with E-state index in [4.69, 9.17) is 0 Å². The molecule has 0 saturated carbocycles. The van der Waals surface area contributed by atoms with Crippen molar-refractivity contribution in [1.29, 1.82) is 0 Å². The van der Waals surface area contributed by atoms with Gasteiger partial charge in [0.25, 0.3) is 5.69 Å². The van der Waals surface area contributed by atoms with Crippen LogP contribution in [0.2, 0.25) is 0 Å². The molecule has 0 bridgehead atoms. The van der Waals surface area contributed by atoms with Crippen LogP contribution in [-0.2, 0) is 4.79 Å². The van der Waals surface area contributed by atoms with Crippen molar-refractivity contribution in [1.82, 2.24) is 4.90 Å². The summed E-state index contributed by atoms with van der Waals surface area (Å²) in [6, 6.07) is 6.25. The first-order valence-corrected chi connectivity index (χ1v) is 7.34. The smallest absolute Gasteiger partial charge is 0.269 e. The van der Waals surface area contributed by atoms with Crippen LogP contribution < -0.4 is 4.90 Å². The van der Waals surface area contributed by atoms with Gasteiger partial charge < -0.3 is 0 Å². The highest BCUT2D eigenvalue weighted by atomic mass is 16.6. The minimum Gasteiger partial charge on any atom is -0.295 e. The Hall–Kier alpha value is -1.95. The number of carbonyl (C=O) groups is 1. The van der Waals surface area contributed by atoms with Crippen molar-refractivity contribution in [3.05, 3.63) is 34.4 Å². The van der Waals surface area contributed by atoms with E-state index in [1.165, 1.54) is 12.1 Å². The number of rotatable bonds is 3. The zero-order chi connectivity index (χ0) is 15.1. The third kappa shape index (κ3) is 2.19. The van der Waals surface area contributed by atoms with E-state index in [1.807, 2.05) is 4.90 Å². The van der Waals surface area contributed by atoms with Crippen molar-refractivity contribution >= 4 is 17.3 Å². The van der Waals surface area contributed by atoms with Crippen molar-refractivity contribution in [2.45, 2.75) is 38.9 Å². The van der Waals surface area contributed by atoms with Crippen molar-refractivity contribution < 1.29 is 9.72 Å². The molecule has 1 aromatic rings. The van der Waals surface area contributed by atoms with E-state index in [2.05, 4.69) is 18.7 Å². The summed E-state index contributed by atoms with van der Waals surface area (Å²) in [5.41, 5.74) is 0.797. The lowest BCUT2D eigenvalue weighted by Gasteiger charge is -2.32. The second-order valence-electron chi connectivity index (χ2n) is 6.04. The van der Waals surface area contributed by atoms with Crippen LogP contribution in [0, 0.1) is 16.0 Å². The minimum absolute atomic E-state index is 0.0207. The third-order valence-electron chi connectivity index (χ3n) is 4.36. The van der Waals surface area contributed by atoms with E-state index < -0.39 is 4.92 Å². The molecular weight excluding hydrogens is 270 g/mol. The average molecular weight is 289 g/mol. The van der Waals surface area contributed by atoms with Gasteiger partial charge in [0.1, 0.15) is 0 Å². The Labute approximate surface area is 123 Å². The van der Waals surface area contributed by atoms with Crippen LogP contribution in [0.25, 0.3) is 0 Å². The van der Waals surface area contributed by atoms with E-state index in [1.54, 1.807) is 12.1 Å². The van der Waals surface area contributed by atoms with Gasteiger partial charge >= 0.3 is 0 Å². The van der Waals surface area contributed by atoms with E-state index >= 15 is 0 Å². The predicted molar refractivity (Wildman–Crippen MR) is 78.9 cm³/mol. The number of nitrogens with zero attached hydrogens (tertiary/aromatic N) is 3. The molecule has 0 aromatic heterocycles. The molecule has 0 radical (unpaired) electrons. The maximum absolute atomic E-state index is 12.7. The molecule has 0 N–H and O–H groups in total. The third-order valence-corrected chi connectivity index (χ3v) is 4.36. The maximum atomic E-state index is 12.7. The molecular formula is C15H19N3O3. The summed E-state index contributed by atoms with van der Waals surface area (Å²) >= 11 is 0. The monoisotopic (exact) mass is 289 g/mol. The molecule has 2 atom stereocenters. The predicted octanol–water partition coefficient (Wildman–Crippen LogP) is 2.39. The average Bonchev–Trinajstić information content (AvgIpc) is 3.01. The molecule has 6 nitrogen and oxygen atoms in total. The number of hydrogen-bond donors (Lipinski definition) is 0. The highest BCUT2D eigenvalue weighted by molar-refractivity contribution is 6.00. The van der Waals surface area contributed by atoms with Crippen LogP contribution in [0.5, 0.6) is 0 Å². The van der Waals surface area contributed by atoms with Crippen LogP contribution in [-0.4, -0.2) is 34.5 Å². The highest BCUT2D eigenvalue weighted by Gasteiger charge is 2.49. The number of amides is 1. The molecule has 2 saturated heterocycles. The van der Waals surface area contributed by atoms with Crippen LogP contribution in [0.3, 0.4) is 0 Å². The number of anilines is 1. The summed E-state index contributed by atoms with van der Waals surface area (Å²) in [6.45, 7) is 5.16. The second kappa shape index (κ2) is 5.11. The van der Waals surface area contributed by atoms with Crippen LogP contribution >= 0.6 is 0 Å². The number of benzene rings is 1. The Morgan fingerprint density at radius 2 is 1.95 bits per heavy atom. The standard InChI is InChI=1S/C15H19N3O3/c1-10(2)14-16-9-3-4-13(16)15(19)17(14)11-5-7-12(8-6-11)18(20)21/h5-8,10,13-14H,3-4,9H2,1-2H3/t13-,14+/m0/s1. The number of nitro groups is 1. The lowest BCUT2D eigenvalue weighted by molar-refractivity contribution is -0.384. The number of carbonyl (C=O) groups excluding carboxylic acids is 1. The van der Waals surface area contributed by atoms with Crippen molar-refractivity contribution in [3.63, 3.8) is 0 Å². The lowest BCUT2D eigenvalue weighted by atomic mass is 10.1. The van der Waals surface area contributed by atoms with E-state index in [9.17, 15) is 14.9 Å². The fourth-order valence-electron chi connectivity index (χ4n) is 3.51. The Bertz CT molecular complexity index is 570. The molecule has 0 aliphatic carbocycles. The van der Waals surface area contributed by atoms with E-state index in [0.717, 1.165) is 25.1 Å². The van der Waals surface area contributed by atoms with E-state index in [-0.39, 0.29) is 23.8 Å². The summed E-state index contributed by atoms with van der Waals surface area (Å²) in [5, 5.41) is 10.7. The van der Waals surface area contributed by atoms with Gasteiger partial charge in [0.05, 0.1) is 17.1 Å². The van der Waals surface area contributed by atoms with Crippen LogP contribution in [0.4, 0.5) is 11.4 Å². The Balaban J connectivity index is 1.95. The second-order valence-corrected chi connectivity index (χ2v) is 6.04. The molecule has 1 aromatic carbocycles. The molecule has 2 aliphatic rings. The first-order valence-electron chi connectivity index (χ1n) is 7.34. The van der Waals surface area contributed by atoms with Gasteiger partial charge in [-0.05, 0) is 30.9 Å². The molecule has 2 aliphatic heterocycles. The van der Waals surface area contributed by atoms with Gasteiger partial charge in [0.2, 0.25) is 5.91 Å². The quantitative estimate of drug-likeness (QED) is 0.633. The Morgan fingerprint density at radius 1 is 1.29 bits per heavy atom. The molecule has 21 heavy (non-hydrogen) atoms. The number of nitro benzene ring substituents is 1. The zero-order valence-electron chi connectivity index (χ0n) is 12.2. The fourth-order valence-corrected chi connectivity index (χ4v) is 3.51. The summed E-state index contributed by atoms with van der Waals surface area (Å²) in [6.07, 6.45) is 2.02. The first kappa shape index (κ1) is 14.0. The molecule has 2 fully saturated rings. The van der Waals surface area contributed by atoms with Gasteiger partial charge in [0, 0.05) is 24.4 Å². The van der Waals surface area contributed by atoms with Gasteiger partial charge in [-0.3, -0.25) is 24.7 Å². The van der Waals surface area contributed by atoms with Crippen LogP contribution in [0.1, 0.15) is 26.7 Å². The molecule has 1 amide bonds. The largest absolute Gasteiger partial charge is 0.295 e. The molecule has 3 rings (SSSR count). The summed E-state index contributed by atoms with van der Waals surface area (Å²) in [7, 11) is 0. The maximum Gasteiger partial charge on any atom is 0.269 e. The summed E-state index contributed by atoms with van der Waals surface area (Å²) < 4.78 is 0. The van der Waals surface area contributed by atoms with Crippen molar-refractivity contribution in [2.24, 2.45) is 5.92 Å². The van der Waals surface area contributed by atoms with Gasteiger partial charge in [-0.15, -0.1) is 0 Å². The van der Waals surface area contributed by atoms with Crippen LogP contribution in [0.15, 0.2) is 24.3 Å². The summed E-state index contributed by atoms with van der Waals surface area (Å²) in [5.74, 6) is 0.437. The molecule has 0 unspecified atom stereocenters. The summed E-state index contributed by atoms with van der Waals surface area (Å²) in [4.78, 5) is 27.1. The van der Waals surface area contributed by atoms with Gasteiger partial charge in [0.15, 0.2) is 0 Å².